The monoisotopic (exact) mass is 265 g/mol. The standard InChI is InChI=1S/C14H13ClFNO/c1-9-6-11(16)3-4-13(9)17-8-10-2-5-14(18)12(15)7-10/h2-7,17-18H,8H2,1H3. The second kappa shape index (κ2) is 5.27. The van der Waals surface area contributed by atoms with E-state index in [4.69, 9.17) is 11.6 Å². The average Bonchev–Trinajstić information content (AvgIpc) is 2.32. The third-order valence-corrected chi connectivity index (χ3v) is 2.99. The number of phenols is 1. The van der Waals surface area contributed by atoms with Crippen molar-refractivity contribution < 1.29 is 9.50 Å². The third kappa shape index (κ3) is 2.93. The molecule has 4 heteroatoms. The number of aromatic hydroxyl groups is 1. The van der Waals surface area contributed by atoms with Gasteiger partial charge in [0, 0.05) is 12.2 Å². The van der Waals surface area contributed by atoms with Crippen LogP contribution in [-0.2, 0) is 6.54 Å². The molecule has 2 aromatic carbocycles. The van der Waals surface area contributed by atoms with E-state index in [1.165, 1.54) is 12.1 Å². The zero-order chi connectivity index (χ0) is 13.1. The first-order chi connectivity index (χ1) is 8.56. The van der Waals surface area contributed by atoms with Gasteiger partial charge in [-0.25, -0.2) is 4.39 Å². The highest BCUT2D eigenvalue weighted by atomic mass is 35.5. The van der Waals surface area contributed by atoms with E-state index in [0.717, 1.165) is 16.8 Å². The minimum Gasteiger partial charge on any atom is -0.506 e. The van der Waals surface area contributed by atoms with E-state index in [2.05, 4.69) is 5.32 Å². The number of hydrogen-bond acceptors (Lipinski definition) is 2. The van der Waals surface area contributed by atoms with Gasteiger partial charge in [0.2, 0.25) is 0 Å². The van der Waals surface area contributed by atoms with Gasteiger partial charge in [-0.3, -0.25) is 0 Å². The number of hydrogen-bond donors (Lipinski definition) is 2. The molecule has 18 heavy (non-hydrogen) atoms. The Kier molecular flexibility index (Phi) is 3.72. The van der Waals surface area contributed by atoms with Crippen molar-refractivity contribution in [2.45, 2.75) is 13.5 Å². The highest BCUT2D eigenvalue weighted by Gasteiger charge is 2.02. The Hall–Kier alpha value is -1.74. The zero-order valence-corrected chi connectivity index (χ0v) is 10.6. The predicted octanol–water partition coefficient (Wildman–Crippen LogP) is 4.11. The van der Waals surface area contributed by atoms with E-state index < -0.39 is 0 Å². The lowest BCUT2D eigenvalue weighted by Crippen LogP contribution is -2.01. The molecule has 2 rings (SSSR count). The Morgan fingerprint density at radius 3 is 2.67 bits per heavy atom. The molecule has 0 unspecified atom stereocenters. The van der Waals surface area contributed by atoms with Gasteiger partial charge in [0.1, 0.15) is 11.6 Å². The van der Waals surface area contributed by atoms with Crippen LogP contribution in [0.15, 0.2) is 36.4 Å². The third-order valence-electron chi connectivity index (χ3n) is 2.68. The Morgan fingerprint density at radius 1 is 1.22 bits per heavy atom. The normalized spacial score (nSPS) is 10.4. The van der Waals surface area contributed by atoms with Gasteiger partial charge in [0.05, 0.1) is 5.02 Å². The van der Waals surface area contributed by atoms with Gasteiger partial charge in [0.25, 0.3) is 0 Å². The second-order valence-corrected chi connectivity index (χ2v) is 4.51. The molecule has 0 amide bonds. The summed E-state index contributed by atoms with van der Waals surface area (Å²) >= 11 is 5.82. The first kappa shape index (κ1) is 12.7. The minimum absolute atomic E-state index is 0.0679. The van der Waals surface area contributed by atoms with Crippen LogP contribution in [0.3, 0.4) is 0 Å². The minimum atomic E-state index is -0.245. The van der Waals surface area contributed by atoms with E-state index in [0.29, 0.717) is 11.6 Å². The summed E-state index contributed by atoms with van der Waals surface area (Å²) < 4.78 is 12.9. The first-order valence-electron chi connectivity index (χ1n) is 5.53. The maximum absolute atomic E-state index is 12.9. The molecular formula is C14H13ClFNO. The summed E-state index contributed by atoms with van der Waals surface area (Å²) in [7, 11) is 0. The Bertz CT molecular complexity index is 572. The van der Waals surface area contributed by atoms with Crippen LogP contribution in [0.2, 0.25) is 5.02 Å². The Morgan fingerprint density at radius 2 is 2.00 bits per heavy atom. The van der Waals surface area contributed by atoms with Gasteiger partial charge in [-0.15, -0.1) is 0 Å². The maximum atomic E-state index is 12.9. The van der Waals surface area contributed by atoms with Crippen molar-refractivity contribution in [1.82, 2.24) is 0 Å². The van der Waals surface area contributed by atoms with Gasteiger partial charge in [-0.05, 0) is 48.4 Å². The van der Waals surface area contributed by atoms with Crippen molar-refractivity contribution in [2.75, 3.05) is 5.32 Å². The molecule has 0 heterocycles. The lowest BCUT2D eigenvalue weighted by atomic mass is 10.1. The summed E-state index contributed by atoms with van der Waals surface area (Å²) in [6.07, 6.45) is 0. The summed E-state index contributed by atoms with van der Waals surface area (Å²) in [5, 5.41) is 12.8. The number of aryl methyl sites for hydroxylation is 1. The van der Waals surface area contributed by atoms with Crippen molar-refractivity contribution in [1.29, 1.82) is 0 Å². The molecule has 2 N–H and O–H groups in total. The van der Waals surface area contributed by atoms with Crippen LogP contribution in [0.5, 0.6) is 5.75 Å². The highest BCUT2D eigenvalue weighted by Crippen LogP contribution is 2.24. The Balaban J connectivity index is 2.09. The highest BCUT2D eigenvalue weighted by molar-refractivity contribution is 6.32. The Labute approximate surface area is 110 Å². The number of nitrogens with one attached hydrogen (secondary N) is 1. The van der Waals surface area contributed by atoms with Gasteiger partial charge in [-0.1, -0.05) is 17.7 Å². The molecular weight excluding hydrogens is 253 g/mol. The van der Waals surface area contributed by atoms with Crippen LogP contribution in [0.1, 0.15) is 11.1 Å². The van der Waals surface area contributed by atoms with E-state index >= 15 is 0 Å². The van der Waals surface area contributed by atoms with Crippen molar-refractivity contribution in [3.8, 4) is 5.75 Å². The van der Waals surface area contributed by atoms with Crippen molar-refractivity contribution >= 4 is 17.3 Å². The van der Waals surface area contributed by atoms with Gasteiger partial charge in [-0.2, -0.15) is 0 Å². The number of anilines is 1. The molecule has 0 spiro atoms. The lowest BCUT2D eigenvalue weighted by Gasteiger charge is -2.10. The van der Waals surface area contributed by atoms with E-state index in [1.54, 1.807) is 24.3 Å². The molecule has 0 atom stereocenters. The van der Waals surface area contributed by atoms with Crippen molar-refractivity contribution in [2.24, 2.45) is 0 Å². The molecule has 94 valence electrons. The molecule has 0 aromatic heterocycles. The number of rotatable bonds is 3. The van der Waals surface area contributed by atoms with Crippen LogP contribution in [0.25, 0.3) is 0 Å². The molecule has 0 fully saturated rings. The zero-order valence-electron chi connectivity index (χ0n) is 9.87. The van der Waals surface area contributed by atoms with Crippen LogP contribution in [0, 0.1) is 12.7 Å². The summed E-state index contributed by atoms with van der Waals surface area (Å²) in [6.45, 7) is 2.40. The van der Waals surface area contributed by atoms with E-state index in [9.17, 15) is 9.50 Å². The van der Waals surface area contributed by atoms with Crippen molar-refractivity contribution in [3.05, 3.63) is 58.4 Å². The van der Waals surface area contributed by atoms with Crippen LogP contribution >= 0.6 is 11.6 Å². The van der Waals surface area contributed by atoms with E-state index in [-0.39, 0.29) is 11.6 Å². The number of phenolic OH excluding ortho intramolecular Hbond substituents is 1. The fourth-order valence-corrected chi connectivity index (χ4v) is 1.89. The van der Waals surface area contributed by atoms with Crippen LogP contribution < -0.4 is 5.32 Å². The average molecular weight is 266 g/mol. The molecule has 2 aromatic rings. The predicted molar refractivity (Wildman–Crippen MR) is 71.6 cm³/mol. The largest absolute Gasteiger partial charge is 0.506 e. The lowest BCUT2D eigenvalue weighted by molar-refractivity contribution is 0.475. The van der Waals surface area contributed by atoms with Crippen LogP contribution in [-0.4, -0.2) is 5.11 Å². The SMILES string of the molecule is Cc1cc(F)ccc1NCc1ccc(O)c(Cl)c1. The summed E-state index contributed by atoms with van der Waals surface area (Å²) in [5.41, 5.74) is 2.67. The van der Waals surface area contributed by atoms with Gasteiger partial charge >= 0.3 is 0 Å². The summed E-state index contributed by atoms with van der Waals surface area (Å²) in [4.78, 5) is 0. The maximum Gasteiger partial charge on any atom is 0.134 e. The molecule has 0 aliphatic carbocycles. The molecule has 0 aliphatic rings. The van der Waals surface area contributed by atoms with E-state index in [1.807, 2.05) is 6.92 Å². The number of halogens is 2. The summed E-state index contributed by atoms with van der Waals surface area (Å²) in [6, 6.07) is 9.63. The smallest absolute Gasteiger partial charge is 0.134 e. The first-order valence-corrected chi connectivity index (χ1v) is 5.91. The molecule has 0 saturated carbocycles. The number of benzene rings is 2. The topological polar surface area (TPSA) is 32.3 Å². The molecule has 0 saturated heterocycles. The molecule has 0 bridgehead atoms. The molecule has 0 radical (unpaired) electrons. The summed E-state index contributed by atoms with van der Waals surface area (Å²) in [5.74, 6) is -0.177. The molecule has 2 nitrogen and oxygen atoms in total. The fraction of sp³-hybridized carbons (Fsp3) is 0.143. The van der Waals surface area contributed by atoms with Crippen molar-refractivity contribution in [3.63, 3.8) is 0 Å². The fourth-order valence-electron chi connectivity index (χ4n) is 1.68. The molecule has 0 aliphatic heterocycles. The van der Waals surface area contributed by atoms with Gasteiger partial charge in [0.15, 0.2) is 0 Å². The van der Waals surface area contributed by atoms with Gasteiger partial charge < -0.3 is 10.4 Å². The quantitative estimate of drug-likeness (QED) is 0.875. The second-order valence-electron chi connectivity index (χ2n) is 4.10. The van der Waals surface area contributed by atoms with Crippen LogP contribution in [0.4, 0.5) is 10.1 Å².